The zero-order chi connectivity index (χ0) is 10.6. The second kappa shape index (κ2) is 5.75. The molecule has 0 aliphatic heterocycles. The summed E-state index contributed by atoms with van der Waals surface area (Å²) in [4.78, 5) is 8.34. The summed E-state index contributed by atoms with van der Waals surface area (Å²) in [6, 6.07) is 0. The highest BCUT2D eigenvalue weighted by atomic mass is 127. The quantitative estimate of drug-likeness (QED) is 0.401. The normalized spacial score (nSPS) is 10.5. The summed E-state index contributed by atoms with van der Waals surface area (Å²) in [6.45, 7) is 4.15. The number of rotatable bonds is 4. The van der Waals surface area contributed by atoms with Crippen LogP contribution in [0.25, 0.3) is 0 Å². The molecule has 0 spiro atoms. The fourth-order valence-corrected chi connectivity index (χ4v) is 2.73. The Bertz CT molecular complexity index is 317. The van der Waals surface area contributed by atoms with Gasteiger partial charge in [0.15, 0.2) is 0 Å². The van der Waals surface area contributed by atoms with Gasteiger partial charge in [0.25, 0.3) is 0 Å². The van der Waals surface area contributed by atoms with E-state index in [1.54, 1.807) is 11.8 Å². The van der Waals surface area contributed by atoms with Gasteiger partial charge in [0.05, 0.1) is 9.26 Å². The van der Waals surface area contributed by atoms with E-state index in [0.29, 0.717) is 5.95 Å². The van der Waals surface area contributed by atoms with Crippen molar-refractivity contribution in [3.8, 4) is 0 Å². The van der Waals surface area contributed by atoms with Gasteiger partial charge in [-0.2, -0.15) is 0 Å². The lowest BCUT2D eigenvalue weighted by atomic mass is 10.4. The van der Waals surface area contributed by atoms with E-state index < -0.39 is 0 Å². The van der Waals surface area contributed by atoms with Crippen molar-refractivity contribution < 1.29 is 0 Å². The largest absolute Gasteiger partial charge is 0.368 e. The molecule has 1 aromatic rings. The summed E-state index contributed by atoms with van der Waals surface area (Å²) < 4.78 is 1.12. The van der Waals surface area contributed by atoms with Gasteiger partial charge in [-0.1, -0.05) is 13.3 Å². The van der Waals surface area contributed by atoms with E-state index in [0.717, 1.165) is 20.0 Å². The van der Waals surface area contributed by atoms with E-state index in [2.05, 4.69) is 39.5 Å². The number of nitrogens with two attached hydrogens (primary N) is 1. The van der Waals surface area contributed by atoms with Gasteiger partial charge in [0.2, 0.25) is 5.95 Å². The van der Waals surface area contributed by atoms with E-state index in [4.69, 9.17) is 5.73 Å². The Balaban J connectivity index is 2.75. The van der Waals surface area contributed by atoms with E-state index in [9.17, 15) is 0 Å². The van der Waals surface area contributed by atoms with E-state index in [-0.39, 0.29) is 0 Å². The third-order valence-corrected chi connectivity index (χ3v) is 4.46. The van der Waals surface area contributed by atoms with E-state index in [1.807, 2.05) is 6.92 Å². The van der Waals surface area contributed by atoms with Crippen molar-refractivity contribution in [2.24, 2.45) is 0 Å². The van der Waals surface area contributed by atoms with Crippen molar-refractivity contribution in [1.29, 1.82) is 0 Å². The van der Waals surface area contributed by atoms with Crippen molar-refractivity contribution in [3.63, 3.8) is 0 Å². The minimum Gasteiger partial charge on any atom is -0.368 e. The fourth-order valence-electron chi connectivity index (χ4n) is 0.963. The minimum atomic E-state index is 0.377. The van der Waals surface area contributed by atoms with Crippen LogP contribution >= 0.6 is 34.4 Å². The summed E-state index contributed by atoms with van der Waals surface area (Å²) >= 11 is 4.03. The summed E-state index contributed by atoms with van der Waals surface area (Å²) in [7, 11) is 0. The number of halogens is 1. The molecule has 0 saturated carbocycles. The van der Waals surface area contributed by atoms with Crippen LogP contribution in [0.15, 0.2) is 5.03 Å². The molecule has 5 heteroatoms. The lowest BCUT2D eigenvalue weighted by Gasteiger charge is -2.05. The van der Waals surface area contributed by atoms with Gasteiger partial charge in [-0.25, -0.2) is 9.97 Å². The van der Waals surface area contributed by atoms with Crippen molar-refractivity contribution in [1.82, 2.24) is 9.97 Å². The number of aromatic nitrogens is 2. The van der Waals surface area contributed by atoms with Crippen LogP contribution in [0.4, 0.5) is 5.95 Å². The van der Waals surface area contributed by atoms with Gasteiger partial charge in [-0.15, -0.1) is 11.8 Å². The Kier molecular flexibility index (Phi) is 4.94. The smallest absolute Gasteiger partial charge is 0.221 e. The van der Waals surface area contributed by atoms with Gasteiger partial charge in [-0.3, -0.25) is 0 Å². The number of anilines is 1. The van der Waals surface area contributed by atoms with Crippen molar-refractivity contribution >= 4 is 40.3 Å². The molecule has 78 valence electrons. The van der Waals surface area contributed by atoms with Crippen LogP contribution in [0.5, 0.6) is 0 Å². The third kappa shape index (κ3) is 3.27. The van der Waals surface area contributed by atoms with E-state index in [1.165, 1.54) is 12.8 Å². The first-order valence-electron chi connectivity index (χ1n) is 4.57. The summed E-state index contributed by atoms with van der Waals surface area (Å²) in [5, 5.41) is 1.02. The fraction of sp³-hybridized carbons (Fsp3) is 0.556. The third-order valence-electron chi connectivity index (χ3n) is 1.74. The second-order valence-corrected chi connectivity index (χ2v) is 5.15. The van der Waals surface area contributed by atoms with Crippen LogP contribution in [-0.2, 0) is 0 Å². The number of hydrogen-bond acceptors (Lipinski definition) is 4. The van der Waals surface area contributed by atoms with Crippen LogP contribution in [0.2, 0.25) is 0 Å². The molecule has 0 amide bonds. The highest BCUT2D eigenvalue weighted by Crippen LogP contribution is 2.25. The zero-order valence-corrected chi connectivity index (χ0v) is 11.4. The molecule has 1 heterocycles. The SMILES string of the molecule is CCCCSc1nc(N)nc(C)c1I. The molecule has 0 radical (unpaired) electrons. The van der Waals surface area contributed by atoms with Gasteiger partial charge < -0.3 is 5.73 Å². The Labute approximate surface area is 102 Å². The number of unbranched alkanes of at least 4 members (excludes halogenated alkanes) is 1. The maximum Gasteiger partial charge on any atom is 0.221 e. The molecule has 0 aromatic carbocycles. The predicted octanol–water partition coefficient (Wildman–Crippen LogP) is 2.86. The van der Waals surface area contributed by atoms with Gasteiger partial charge in [-0.05, 0) is 41.7 Å². The van der Waals surface area contributed by atoms with Gasteiger partial charge >= 0.3 is 0 Å². The molecule has 3 nitrogen and oxygen atoms in total. The minimum absolute atomic E-state index is 0.377. The predicted molar refractivity (Wildman–Crippen MR) is 69.5 cm³/mol. The van der Waals surface area contributed by atoms with Crippen molar-refractivity contribution in [2.45, 2.75) is 31.7 Å². The average molecular weight is 323 g/mol. The number of aryl methyl sites for hydroxylation is 1. The Morgan fingerprint density at radius 2 is 2.14 bits per heavy atom. The lowest BCUT2D eigenvalue weighted by Crippen LogP contribution is -2.01. The van der Waals surface area contributed by atoms with Crippen LogP contribution < -0.4 is 5.73 Å². The lowest BCUT2D eigenvalue weighted by molar-refractivity contribution is 0.892. The molecule has 0 aliphatic carbocycles. The highest BCUT2D eigenvalue weighted by Gasteiger charge is 2.07. The number of nitrogens with zero attached hydrogens (tertiary/aromatic N) is 2. The first-order chi connectivity index (χ1) is 6.65. The molecule has 0 fully saturated rings. The van der Waals surface area contributed by atoms with Gasteiger partial charge in [0, 0.05) is 0 Å². The molecule has 2 N–H and O–H groups in total. The van der Waals surface area contributed by atoms with Crippen molar-refractivity contribution in [2.75, 3.05) is 11.5 Å². The molecule has 0 unspecified atom stereocenters. The average Bonchev–Trinajstić information content (AvgIpc) is 2.13. The molecular formula is C9H14IN3S. The zero-order valence-electron chi connectivity index (χ0n) is 8.38. The Morgan fingerprint density at radius 3 is 2.79 bits per heavy atom. The molecular weight excluding hydrogens is 309 g/mol. The molecule has 0 bridgehead atoms. The number of hydrogen-bond donors (Lipinski definition) is 1. The highest BCUT2D eigenvalue weighted by molar-refractivity contribution is 14.1. The van der Waals surface area contributed by atoms with Crippen LogP contribution in [0.3, 0.4) is 0 Å². The molecule has 0 aliphatic rings. The standard InChI is InChI=1S/C9H14IN3S/c1-3-4-5-14-8-7(10)6(2)12-9(11)13-8/h3-5H2,1-2H3,(H2,11,12,13). The van der Waals surface area contributed by atoms with Crippen LogP contribution in [-0.4, -0.2) is 15.7 Å². The topological polar surface area (TPSA) is 51.8 Å². The summed E-state index contributed by atoms with van der Waals surface area (Å²) in [6.07, 6.45) is 2.42. The summed E-state index contributed by atoms with van der Waals surface area (Å²) in [5.41, 5.74) is 6.56. The first-order valence-corrected chi connectivity index (χ1v) is 6.64. The Morgan fingerprint density at radius 1 is 1.43 bits per heavy atom. The summed E-state index contributed by atoms with van der Waals surface area (Å²) in [5.74, 6) is 1.48. The maximum absolute atomic E-state index is 5.59. The molecule has 1 aromatic heterocycles. The molecule has 14 heavy (non-hydrogen) atoms. The first kappa shape index (κ1) is 12.0. The number of nitrogen functional groups attached to an aromatic ring is 1. The maximum atomic E-state index is 5.59. The second-order valence-electron chi connectivity index (χ2n) is 2.99. The van der Waals surface area contributed by atoms with Crippen molar-refractivity contribution in [3.05, 3.63) is 9.26 Å². The monoisotopic (exact) mass is 323 g/mol. The van der Waals surface area contributed by atoms with Crippen LogP contribution in [0, 0.1) is 10.5 Å². The molecule has 0 atom stereocenters. The van der Waals surface area contributed by atoms with Crippen LogP contribution in [0.1, 0.15) is 25.5 Å². The van der Waals surface area contributed by atoms with E-state index >= 15 is 0 Å². The Hall–Kier alpha value is -0.0400. The molecule has 0 saturated heterocycles. The molecule has 1 rings (SSSR count). The number of thioether (sulfide) groups is 1. The van der Waals surface area contributed by atoms with Gasteiger partial charge in [0.1, 0.15) is 5.03 Å².